The topological polar surface area (TPSA) is 46.5 Å². The Labute approximate surface area is 145 Å². The van der Waals surface area contributed by atoms with E-state index in [4.69, 9.17) is 0 Å². The number of anilines is 1. The molecule has 0 spiro atoms. The van der Waals surface area contributed by atoms with Crippen molar-refractivity contribution >= 4 is 22.7 Å². The van der Waals surface area contributed by atoms with E-state index < -0.39 is 12.4 Å². The molecule has 1 N–H and O–H groups in total. The van der Waals surface area contributed by atoms with Crippen LogP contribution in [-0.2, 0) is 0 Å². The number of hydrogen-bond donors (Lipinski definition) is 1. The van der Waals surface area contributed by atoms with Crippen LogP contribution in [0.25, 0.3) is 11.3 Å². The molecule has 0 saturated carbocycles. The Kier molecular flexibility index (Phi) is 5.30. The first-order chi connectivity index (χ1) is 12.1. The Morgan fingerprint density at radius 3 is 2.72 bits per heavy atom. The summed E-state index contributed by atoms with van der Waals surface area (Å²) in [6.45, 7) is -2.97. The molecular formula is C17H12F3N3OS. The predicted molar refractivity (Wildman–Crippen MR) is 91.8 cm³/mol. The number of nitrogens with one attached hydrogen (secondary N) is 1. The molecule has 0 radical (unpaired) electrons. The number of hydrazone groups is 1. The minimum Gasteiger partial charge on any atom is -0.435 e. The van der Waals surface area contributed by atoms with Crippen molar-refractivity contribution in [2.24, 2.45) is 5.10 Å². The van der Waals surface area contributed by atoms with Gasteiger partial charge in [-0.05, 0) is 18.2 Å². The molecule has 8 heteroatoms. The molecule has 0 bridgehead atoms. The standard InChI is InChI=1S/C17H12F3N3OS/c18-14-7-6-13(24-16(19)20)8-12(14)9-21-23-17-22-15(10-25-17)11-4-2-1-3-5-11/h1-10,16H,(H,22,23). The lowest BCUT2D eigenvalue weighted by molar-refractivity contribution is -0.0498. The van der Waals surface area contributed by atoms with Crippen molar-refractivity contribution in [2.75, 3.05) is 5.43 Å². The Morgan fingerprint density at radius 1 is 1.16 bits per heavy atom. The Balaban J connectivity index is 1.68. The highest BCUT2D eigenvalue weighted by Gasteiger charge is 2.07. The lowest BCUT2D eigenvalue weighted by Gasteiger charge is -2.05. The second-order valence-electron chi connectivity index (χ2n) is 4.84. The summed E-state index contributed by atoms with van der Waals surface area (Å²) in [5.41, 5.74) is 4.48. The van der Waals surface area contributed by atoms with E-state index >= 15 is 0 Å². The van der Waals surface area contributed by atoms with Crippen molar-refractivity contribution in [3.05, 3.63) is 65.3 Å². The molecule has 0 aliphatic rings. The van der Waals surface area contributed by atoms with Crippen LogP contribution in [0, 0.1) is 5.82 Å². The summed E-state index contributed by atoms with van der Waals surface area (Å²) in [5, 5.41) is 6.28. The van der Waals surface area contributed by atoms with Crippen LogP contribution < -0.4 is 10.2 Å². The van der Waals surface area contributed by atoms with Crippen LogP contribution in [0.1, 0.15) is 5.56 Å². The van der Waals surface area contributed by atoms with Crippen LogP contribution in [0.15, 0.2) is 59.0 Å². The Hall–Kier alpha value is -2.87. The van der Waals surface area contributed by atoms with Gasteiger partial charge in [0.05, 0.1) is 11.9 Å². The predicted octanol–water partition coefficient (Wildman–Crippen LogP) is 5.00. The fourth-order valence-corrected chi connectivity index (χ4v) is 2.69. The number of nitrogens with zero attached hydrogens (tertiary/aromatic N) is 2. The van der Waals surface area contributed by atoms with Crippen LogP contribution in [0.5, 0.6) is 5.75 Å². The number of thiazole rings is 1. The number of alkyl halides is 2. The Bertz CT molecular complexity index is 869. The van der Waals surface area contributed by atoms with Crippen LogP contribution in [0.2, 0.25) is 0 Å². The normalized spacial score (nSPS) is 11.2. The van der Waals surface area contributed by atoms with Crippen molar-refractivity contribution in [1.82, 2.24) is 4.98 Å². The zero-order valence-corrected chi connectivity index (χ0v) is 13.5. The summed E-state index contributed by atoms with van der Waals surface area (Å²) in [6, 6.07) is 12.9. The third kappa shape index (κ3) is 4.57. The van der Waals surface area contributed by atoms with Crippen molar-refractivity contribution in [3.8, 4) is 17.0 Å². The molecule has 4 nitrogen and oxygen atoms in total. The van der Waals surface area contributed by atoms with E-state index in [9.17, 15) is 13.2 Å². The molecule has 0 atom stereocenters. The van der Waals surface area contributed by atoms with Gasteiger partial charge in [-0.25, -0.2) is 9.37 Å². The third-order valence-electron chi connectivity index (χ3n) is 3.13. The average molecular weight is 363 g/mol. The van der Waals surface area contributed by atoms with E-state index in [1.165, 1.54) is 17.6 Å². The summed E-state index contributed by atoms with van der Waals surface area (Å²) >= 11 is 1.34. The first-order valence-corrected chi connectivity index (χ1v) is 8.04. The van der Waals surface area contributed by atoms with Crippen LogP contribution in [0.4, 0.5) is 18.3 Å². The van der Waals surface area contributed by atoms with E-state index in [0.29, 0.717) is 5.13 Å². The molecule has 1 aromatic heterocycles. The van der Waals surface area contributed by atoms with E-state index in [1.807, 2.05) is 35.7 Å². The Morgan fingerprint density at radius 2 is 1.96 bits per heavy atom. The number of ether oxygens (including phenoxy) is 1. The molecule has 1 heterocycles. The number of aromatic nitrogens is 1. The van der Waals surface area contributed by atoms with Gasteiger partial charge in [-0.3, -0.25) is 5.43 Å². The first-order valence-electron chi connectivity index (χ1n) is 7.16. The average Bonchev–Trinajstić information content (AvgIpc) is 3.07. The molecule has 0 amide bonds. The summed E-state index contributed by atoms with van der Waals surface area (Å²) < 4.78 is 42.3. The van der Waals surface area contributed by atoms with Gasteiger partial charge in [0.25, 0.3) is 0 Å². The molecule has 25 heavy (non-hydrogen) atoms. The molecule has 0 aliphatic heterocycles. The monoisotopic (exact) mass is 363 g/mol. The highest BCUT2D eigenvalue weighted by Crippen LogP contribution is 2.24. The quantitative estimate of drug-likeness (QED) is 0.495. The van der Waals surface area contributed by atoms with Gasteiger partial charge >= 0.3 is 6.61 Å². The maximum atomic E-state index is 13.7. The maximum absolute atomic E-state index is 13.7. The second-order valence-corrected chi connectivity index (χ2v) is 5.69. The maximum Gasteiger partial charge on any atom is 0.387 e. The van der Waals surface area contributed by atoms with Gasteiger partial charge in [0, 0.05) is 16.5 Å². The molecule has 0 fully saturated rings. The van der Waals surface area contributed by atoms with E-state index in [0.717, 1.165) is 29.5 Å². The number of benzene rings is 2. The van der Waals surface area contributed by atoms with Gasteiger partial charge in [-0.1, -0.05) is 30.3 Å². The molecule has 0 saturated heterocycles. The first kappa shape index (κ1) is 17.0. The minimum atomic E-state index is -2.97. The van der Waals surface area contributed by atoms with Crippen molar-refractivity contribution < 1.29 is 17.9 Å². The van der Waals surface area contributed by atoms with E-state index in [-0.39, 0.29) is 11.3 Å². The highest BCUT2D eigenvalue weighted by molar-refractivity contribution is 7.14. The molecule has 3 rings (SSSR count). The molecule has 0 aliphatic carbocycles. The number of rotatable bonds is 6. The summed E-state index contributed by atoms with van der Waals surface area (Å²) in [5.74, 6) is -0.741. The van der Waals surface area contributed by atoms with Gasteiger partial charge in [0.15, 0.2) is 0 Å². The fourth-order valence-electron chi connectivity index (χ4n) is 2.02. The van der Waals surface area contributed by atoms with Crippen LogP contribution in [0.3, 0.4) is 0 Å². The molecule has 0 unspecified atom stereocenters. The number of hydrogen-bond acceptors (Lipinski definition) is 5. The summed E-state index contributed by atoms with van der Waals surface area (Å²) in [7, 11) is 0. The third-order valence-corrected chi connectivity index (χ3v) is 3.88. The smallest absolute Gasteiger partial charge is 0.387 e. The minimum absolute atomic E-state index is 0.0190. The van der Waals surface area contributed by atoms with Crippen LogP contribution >= 0.6 is 11.3 Å². The van der Waals surface area contributed by atoms with Gasteiger partial charge in [0.2, 0.25) is 5.13 Å². The lowest BCUT2D eigenvalue weighted by Crippen LogP contribution is -2.03. The highest BCUT2D eigenvalue weighted by atomic mass is 32.1. The molecule has 128 valence electrons. The van der Waals surface area contributed by atoms with E-state index in [1.54, 1.807) is 0 Å². The fraction of sp³-hybridized carbons (Fsp3) is 0.0588. The summed E-state index contributed by atoms with van der Waals surface area (Å²) in [6.07, 6.45) is 1.18. The van der Waals surface area contributed by atoms with Gasteiger partial charge in [-0.15, -0.1) is 11.3 Å². The largest absolute Gasteiger partial charge is 0.435 e. The van der Waals surface area contributed by atoms with Gasteiger partial charge < -0.3 is 4.74 Å². The van der Waals surface area contributed by atoms with E-state index in [2.05, 4.69) is 20.2 Å². The number of halogens is 3. The van der Waals surface area contributed by atoms with Crippen molar-refractivity contribution in [1.29, 1.82) is 0 Å². The second kappa shape index (κ2) is 7.80. The SMILES string of the molecule is Fc1ccc(OC(F)F)cc1C=NNc1nc(-c2ccccc2)cs1. The molecule has 2 aromatic carbocycles. The molecular weight excluding hydrogens is 351 g/mol. The lowest BCUT2D eigenvalue weighted by atomic mass is 10.2. The summed E-state index contributed by atoms with van der Waals surface area (Å²) in [4.78, 5) is 4.37. The zero-order valence-electron chi connectivity index (χ0n) is 12.7. The molecule has 3 aromatic rings. The van der Waals surface area contributed by atoms with Crippen molar-refractivity contribution in [2.45, 2.75) is 6.61 Å². The zero-order chi connectivity index (χ0) is 17.6. The van der Waals surface area contributed by atoms with Crippen molar-refractivity contribution in [3.63, 3.8) is 0 Å². The van der Waals surface area contributed by atoms with Crippen LogP contribution in [-0.4, -0.2) is 17.8 Å². The van der Waals surface area contributed by atoms with Gasteiger partial charge in [0.1, 0.15) is 11.6 Å². The van der Waals surface area contributed by atoms with Gasteiger partial charge in [-0.2, -0.15) is 13.9 Å².